The highest BCUT2D eigenvalue weighted by molar-refractivity contribution is 9.10. The largest absolute Gasteiger partial charge is 0.335 e. The predicted octanol–water partition coefficient (Wildman–Crippen LogP) is 2.75. The molecule has 1 unspecified atom stereocenters. The Balaban J connectivity index is 1.76. The van der Waals surface area contributed by atoms with Crippen LogP contribution < -0.4 is 10.4 Å². The van der Waals surface area contributed by atoms with Crippen LogP contribution in [0.3, 0.4) is 0 Å². The summed E-state index contributed by atoms with van der Waals surface area (Å²) in [7, 11) is 1.71. The van der Waals surface area contributed by atoms with E-state index in [1.165, 1.54) is 5.01 Å². The fourth-order valence-corrected chi connectivity index (χ4v) is 2.88. The van der Waals surface area contributed by atoms with Gasteiger partial charge in [0.25, 0.3) is 11.8 Å². The molecule has 0 bridgehead atoms. The summed E-state index contributed by atoms with van der Waals surface area (Å²) in [6.45, 7) is 2.13. The molecule has 2 amide bonds. The number of nitrogens with one attached hydrogen (secondary N) is 1. The summed E-state index contributed by atoms with van der Waals surface area (Å²) in [6, 6.07) is 16.3. The van der Waals surface area contributed by atoms with Crippen LogP contribution in [-0.2, 0) is 16.1 Å². The van der Waals surface area contributed by atoms with Gasteiger partial charge in [-0.25, -0.2) is 10.0 Å². The quantitative estimate of drug-likeness (QED) is 0.836. The lowest BCUT2D eigenvalue weighted by molar-refractivity contribution is -0.124. The molecular weight excluding hydrogens is 396 g/mol. The second-order valence-electron chi connectivity index (χ2n) is 6.06. The molecule has 0 aromatic heterocycles. The summed E-state index contributed by atoms with van der Waals surface area (Å²) in [5, 5.41) is 1.37. The van der Waals surface area contributed by atoms with Gasteiger partial charge in [-0.2, -0.15) is 0 Å². The molecule has 0 aliphatic carbocycles. The smallest absolute Gasteiger partial charge is 0.290 e. The van der Waals surface area contributed by atoms with E-state index < -0.39 is 6.04 Å². The zero-order valence-electron chi connectivity index (χ0n) is 14.5. The molecule has 1 heterocycles. The van der Waals surface area contributed by atoms with Crippen LogP contribution in [0.2, 0.25) is 0 Å². The summed E-state index contributed by atoms with van der Waals surface area (Å²) >= 11 is 3.40. The van der Waals surface area contributed by atoms with Crippen molar-refractivity contribution in [3.05, 3.63) is 64.6 Å². The summed E-state index contributed by atoms with van der Waals surface area (Å²) in [6.07, 6.45) is 0. The van der Waals surface area contributed by atoms with E-state index >= 15 is 0 Å². The Kier molecular flexibility index (Phi) is 5.37. The number of hydrazine groups is 1. The molecule has 0 spiro atoms. The van der Waals surface area contributed by atoms with E-state index in [0.29, 0.717) is 12.2 Å². The van der Waals surface area contributed by atoms with Gasteiger partial charge in [-0.05, 0) is 36.8 Å². The van der Waals surface area contributed by atoms with Gasteiger partial charge in [0, 0.05) is 18.1 Å². The molecule has 2 aromatic carbocycles. The highest BCUT2D eigenvalue weighted by Gasteiger charge is 2.31. The number of amides is 2. The minimum Gasteiger partial charge on any atom is -0.335 e. The van der Waals surface area contributed by atoms with Crippen LogP contribution in [0.4, 0.5) is 5.69 Å². The summed E-state index contributed by atoms with van der Waals surface area (Å²) in [5.74, 6) is -0.322. The maximum absolute atomic E-state index is 12.8. The van der Waals surface area contributed by atoms with Crippen molar-refractivity contribution in [3.63, 3.8) is 0 Å². The minimum atomic E-state index is -0.628. The van der Waals surface area contributed by atoms with E-state index in [0.717, 1.165) is 10.0 Å². The van der Waals surface area contributed by atoms with E-state index in [9.17, 15) is 9.59 Å². The first kappa shape index (κ1) is 18.1. The number of nitrogens with zero attached hydrogens (tertiary/aromatic N) is 3. The maximum atomic E-state index is 12.8. The number of halogens is 1. The van der Waals surface area contributed by atoms with Gasteiger partial charge in [-0.3, -0.25) is 15.0 Å². The molecule has 7 heteroatoms. The van der Waals surface area contributed by atoms with Gasteiger partial charge in [0.15, 0.2) is 0 Å². The number of likely N-dealkylation sites (N-methyl/N-ethyl adjacent to an activating group) is 1. The van der Waals surface area contributed by atoms with Crippen LogP contribution in [-0.4, -0.2) is 35.6 Å². The van der Waals surface area contributed by atoms with Crippen molar-refractivity contribution < 1.29 is 9.59 Å². The van der Waals surface area contributed by atoms with Crippen molar-refractivity contribution in [2.75, 3.05) is 12.1 Å². The summed E-state index contributed by atoms with van der Waals surface area (Å²) < 4.78 is 0.986. The minimum absolute atomic E-state index is 0.153. The van der Waals surface area contributed by atoms with E-state index in [1.54, 1.807) is 31.0 Å². The fourth-order valence-electron chi connectivity index (χ4n) is 2.61. The Hall–Kier alpha value is -2.67. The number of rotatable bonds is 4. The molecule has 6 nitrogen and oxygen atoms in total. The zero-order valence-corrected chi connectivity index (χ0v) is 16.1. The zero-order chi connectivity index (χ0) is 18.7. The monoisotopic (exact) mass is 414 g/mol. The standard InChI is InChI=1S/C19H19BrN4O2/c1-13-18(25)24(16-6-4-3-5-7-16)22-17(21-13)19(26)23(2)12-14-8-10-15(20)11-9-14/h3-11,13H,12H2,1-2H3,(H,21,22). The second kappa shape index (κ2) is 7.70. The van der Waals surface area contributed by atoms with E-state index in [1.807, 2.05) is 42.5 Å². The highest BCUT2D eigenvalue weighted by atomic mass is 79.9. The number of carbonyl (C=O) groups is 2. The molecular formula is C19H19BrN4O2. The molecule has 1 N–H and O–H groups in total. The van der Waals surface area contributed by atoms with Crippen LogP contribution in [0.1, 0.15) is 12.5 Å². The first-order valence-corrected chi connectivity index (χ1v) is 8.98. The molecule has 0 saturated heterocycles. The Morgan fingerprint density at radius 1 is 1.19 bits per heavy atom. The molecule has 1 aliphatic rings. The molecule has 1 atom stereocenters. The van der Waals surface area contributed by atoms with Crippen LogP contribution in [0, 0.1) is 0 Å². The third-order valence-electron chi connectivity index (χ3n) is 4.01. The fraction of sp³-hybridized carbons (Fsp3) is 0.211. The first-order chi connectivity index (χ1) is 12.5. The van der Waals surface area contributed by atoms with Gasteiger partial charge < -0.3 is 4.90 Å². The number of carbonyl (C=O) groups excluding carboxylic acids is 2. The third kappa shape index (κ3) is 3.94. The number of hydrogen-bond donors (Lipinski definition) is 1. The average Bonchev–Trinajstić information content (AvgIpc) is 2.65. The number of anilines is 1. The highest BCUT2D eigenvalue weighted by Crippen LogP contribution is 2.17. The Morgan fingerprint density at radius 2 is 1.85 bits per heavy atom. The molecule has 1 aliphatic heterocycles. The molecule has 134 valence electrons. The average molecular weight is 415 g/mol. The van der Waals surface area contributed by atoms with Crippen molar-refractivity contribution in [3.8, 4) is 0 Å². The topological polar surface area (TPSA) is 65.0 Å². The Labute approximate surface area is 160 Å². The van der Waals surface area contributed by atoms with E-state index in [-0.39, 0.29) is 17.6 Å². The van der Waals surface area contributed by atoms with E-state index in [2.05, 4.69) is 26.3 Å². The van der Waals surface area contributed by atoms with E-state index in [4.69, 9.17) is 0 Å². The number of benzene rings is 2. The number of amidine groups is 1. The number of hydrogen-bond acceptors (Lipinski definition) is 4. The Morgan fingerprint density at radius 3 is 2.50 bits per heavy atom. The molecule has 26 heavy (non-hydrogen) atoms. The van der Waals surface area contributed by atoms with Gasteiger partial charge in [-0.15, -0.1) is 0 Å². The molecule has 0 radical (unpaired) electrons. The van der Waals surface area contributed by atoms with Gasteiger partial charge >= 0.3 is 0 Å². The lowest BCUT2D eigenvalue weighted by Gasteiger charge is -2.31. The van der Waals surface area contributed by atoms with Crippen LogP contribution in [0.25, 0.3) is 0 Å². The molecule has 3 rings (SSSR count). The van der Waals surface area contributed by atoms with Crippen LogP contribution >= 0.6 is 15.9 Å². The number of para-hydroxylation sites is 1. The van der Waals surface area contributed by atoms with Crippen LogP contribution in [0.5, 0.6) is 0 Å². The molecule has 2 aromatic rings. The van der Waals surface area contributed by atoms with Crippen molar-refractivity contribution in [2.24, 2.45) is 4.99 Å². The predicted molar refractivity (Wildman–Crippen MR) is 105 cm³/mol. The maximum Gasteiger partial charge on any atom is 0.290 e. The van der Waals surface area contributed by atoms with Crippen molar-refractivity contribution in [1.29, 1.82) is 0 Å². The van der Waals surface area contributed by atoms with Crippen LogP contribution in [0.15, 0.2) is 64.1 Å². The first-order valence-electron chi connectivity index (χ1n) is 8.19. The second-order valence-corrected chi connectivity index (χ2v) is 6.98. The van der Waals surface area contributed by atoms with Crippen molar-refractivity contribution in [1.82, 2.24) is 10.3 Å². The number of aliphatic imine (C=N–C) groups is 1. The Bertz CT molecular complexity index is 836. The normalized spacial score (nSPS) is 16.7. The van der Waals surface area contributed by atoms with Crippen molar-refractivity contribution >= 4 is 39.3 Å². The molecule has 0 saturated carbocycles. The SMILES string of the molecule is CC1N=C(C(=O)N(C)Cc2ccc(Br)cc2)NN(c2ccccc2)C1=O. The lowest BCUT2D eigenvalue weighted by Crippen LogP contribution is -2.58. The molecule has 0 fully saturated rings. The summed E-state index contributed by atoms with van der Waals surface area (Å²) in [4.78, 5) is 31.0. The van der Waals surface area contributed by atoms with Gasteiger partial charge in [0.1, 0.15) is 6.04 Å². The van der Waals surface area contributed by atoms with Gasteiger partial charge in [-0.1, -0.05) is 46.3 Å². The summed E-state index contributed by atoms with van der Waals surface area (Å²) in [5.41, 5.74) is 4.53. The van der Waals surface area contributed by atoms with Gasteiger partial charge in [0.05, 0.1) is 5.69 Å². The van der Waals surface area contributed by atoms with Crippen molar-refractivity contribution in [2.45, 2.75) is 19.5 Å². The van der Waals surface area contributed by atoms with Gasteiger partial charge in [0.2, 0.25) is 5.84 Å². The lowest BCUT2D eigenvalue weighted by atomic mass is 10.2. The third-order valence-corrected chi connectivity index (χ3v) is 4.54.